The highest BCUT2D eigenvalue weighted by Crippen LogP contribution is 2.28. The number of aromatic nitrogens is 2. The molecule has 5 N–H and O–H groups in total. The van der Waals surface area contributed by atoms with E-state index in [2.05, 4.69) is 15.4 Å². The molecule has 1 saturated carbocycles. The van der Waals surface area contributed by atoms with Crippen molar-refractivity contribution in [2.75, 3.05) is 24.0 Å². The summed E-state index contributed by atoms with van der Waals surface area (Å²) >= 11 is 0. The van der Waals surface area contributed by atoms with Crippen LogP contribution in [-0.4, -0.2) is 35.6 Å². The average Bonchev–Trinajstić information content (AvgIpc) is 2.98. The van der Waals surface area contributed by atoms with E-state index < -0.39 is 0 Å². The van der Waals surface area contributed by atoms with Gasteiger partial charge in [0.05, 0.1) is 6.54 Å². The Morgan fingerprint density at radius 1 is 1.48 bits per heavy atom. The van der Waals surface area contributed by atoms with Gasteiger partial charge in [0.25, 0.3) is 0 Å². The molecule has 0 spiro atoms. The van der Waals surface area contributed by atoms with E-state index in [1.807, 2.05) is 4.90 Å². The van der Waals surface area contributed by atoms with Gasteiger partial charge in [-0.2, -0.15) is 0 Å². The molecule has 0 unspecified atom stereocenters. The fraction of sp³-hybridized carbons (Fsp3) is 0.615. The van der Waals surface area contributed by atoms with E-state index >= 15 is 0 Å². The number of nitrogens with one attached hydrogen (secondary N) is 1. The second-order valence-electron chi connectivity index (χ2n) is 5.14. The topological polar surface area (TPSA) is 119 Å². The van der Waals surface area contributed by atoms with Crippen molar-refractivity contribution in [1.82, 2.24) is 9.97 Å². The number of hydrogen-bond acceptors (Lipinski definition) is 7. The molecule has 8 nitrogen and oxygen atoms in total. The van der Waals surface area contributed by atoms with Gasteiger partial charge in [-0.25, -0.2) is 15.8 Å². The molecule has 8 heteroatoms. The van der Waals surface area contributed by atoms with Crippen molar-refractivity contribution >= 4 is 17.5 Å². The van der Waals surface area contributed by atoms with Gasteiger partial charge in [0, 0.05) is 19.2 Å². The van der Waals surface area contributed by atoms with Gasteiger partial charge in [0.2, 0.25) is 5.91 Å². The molecule has 0 saturated heterocycles. The van der Waals surface area contributed by atoms with Crippen LogP contribution < -0.4 is 21.9 Å². The van der Waals surface area contributed by atoms with E-state index in [0.29, 0.717) is 17.5 Å². The standard InChI is InChI=1S/C13H22N6O2/c1-21-8-12-16-11(18-15)6-13(17-12)19(7-10(14)20)9-4-2-3-5-9/h6,9H,2-5,7-8,15H2,1H3,(H2,14,20)(H,16,17,18). The monoisotopic (exact) mass is 294 g/mol. The molecular weight excluding hydrogens is 272 g/mol. The van der Waals surface area contributed by atoms with E-state index in [-0.39, 0.29) is 25.1 Å². The highest BCUT2D eigenvalue weighted by Gasteiger charge is 2.25. The highest BCUT2D eigenvalue weighted by atomic mass is 16.5. The number of amides is 1. The Hall–Kier alpha value is -1.93. The highest BCUT2D eigenvalue weighted by molar-refractivity contribution is 5.79. The number of anilines is 2. The van der Waals surface area contributed by atoms with E-state index in [1.54, 1.807) is 13.2 Å². The summed E-state index contributed by atoms with van der Waals surface area (Å²) in [5, 5.41) is 0. The molecule has 0 bridgehead atoms. The molecule has 0 aromatic carbocycles. The molecule has 1 amide bonds. The zero-order chi connectivity index (χ0) is 15.2. The Kier molecular flexibility index (Phi) is 5.29. The third-order valence-electron chi connectivity index (χ3n) is 3.57. The zero-order valence-electron chi connectivity index (χ0n) is 12.2. The lowest BCUT2D eigenvalue weighted by atomic mass is 10.2. The number of hydrogen-bond donors (Lipinski definition) is 3. The maximum atomic E-state index is 11.4. The minimum atomic E-state index is -0.379. The van der Waals surface area contributed by atoms with E-state index in [9.17, 15) is 4.79 Å². The minimum absolute atomic E-state index is 0.137. The third kappa shape index (κ3) is 4.02. The fourth-order valence-electron chi connectivity index (χ4n) is 2.68. The molecule has 1 heterocycles. The molecule has 1 aromatic heterocycles. The van der Waals surface area contributed by atoms with Gasteiger partial charge < -0.3 is 20.8 Å². The number of nitrogens with two attached hydrogens (primary N) is 2. The average molecular weight is 294 g/mol. The quantitative estimate of drug-likeness (QED) is 0.483. The number of carbonyl (C=O) groups excluding carboxylic acids is 1. The molecule has 1 aliphatic rings. The first-order valence-electron chi connectivity index (χ1n) is 7.02. The first-order chi connectivity index (χ1) is 10.1. The van der Waals surface area contributed by atoms with Crippen LogP contribution in [0.5, 0.6) is 0 Å². The molecule has 1 fully saturated rings. The fourth-order valence-corrected chi connectivity index (χ4v) is 2.68. The second-order valence-corrected chi connectivity index (χ2v) is 5.14. The lowest BCUT2D eigenvalue weighted by Crippen LogP contribution is -2.41. The predicted molar refractivity (Wildman–Crippen MR) is 79.4 cm³/mol. The maximum absolute atomic E-state index is 11.4. The second kappa shape index (κ2) is 7.19. The van der Waals surface area contributed by atoms with Crippen molar-refractivity contribution in [3.63, 3.8) is 0 Å². The molecule has 0 radical (unpaired) electrons. The summed E-state index contributed by atoms with van der Waals surface area (Å²) in [6, 6.07) is 1.99. The summed E-state index contributed by atoms with van der Waals surface area (Å²) in [6.07, 6.45) is 4.36. The van der Waals surface area contributed by atoms with Crippen LogP contribution in [0.4, 0.5) is 11.6 Å². The lowest BCUT2D eigenvalue weighted by molar-refractivity contribution is -0.116. The van der Waals surface area contributed by atoms with Crippen LogP contribution in [0.25, 0.3) is 0 Å². The molecule has 2 rings (SSSR count). The van der Waals surface area contributed by atoms with E-state index in [0.717, 1.165) is 25.7 Å². The van der Waals surface area contributed by atoms with Gasteiger partial charge in [0.1, 0.15) is 18.2 Å². The molecule has 0 aliphatic heterocycles. The van der Waals surface area contributed by atoms with Crippen LogP contribution in [0.3, 0.4) is 0 Å². The first kappa shape index (κ1) is 15.5. The Balaban J connectivity index is 2.32. The summed E-state index contributed by atoms with van der Waals surface area (Å²) in [5.41, 5.74) is 7.89. The van der Waals surface area contributed by atoms with Gasteiger partial charge >= 0.3 is 0 Å². The molecular formula is C13H22N6O2. The van der Waals surface area contributed by atoms with Crippen LogP contribution in [0, 0.1) is 0 Å². The molecule has 116 valence electrons. The number of methoxy groups -OCH3 is 1. The number of nitrogen functional groups attached to an aromatic ring is 1. The summed E-state index contributed by atoms with van der Waals surface area (Å²) in [5.74, 6) is 6.71. The summed E-state index contributed by atoms with van der Waals surface area (Å²) in [4.78, 5) is 22.0. The van der Waals surface area contributed by atoms with Crippen molar-refractivity contribution in [2.45, 2.75) is 38.3 Å². The molecule has 1 aliphatic carbocycles. The van der Waals surface area contributed by atoms with Crippen molar-refractivity contribution in [1.29, 1.82) is 0 Å². The molecule has 21 heavy (non-hydrogen) atoms. The largest absolute Gasteiger partial charge is 0.377 e. The van der Waals surface area contributed by atoms with Gasteiger partial charge in [-0.1, -0.05) is 12.8 Å². The molecule has 1 aromatic rings. The number of primary amides is 1. The predicted octanol–water partition coefficient (Wildman–Crippen LogP) is 0.143. The van der Waals surface area contributed by atoms with Crippen LogP contribution in [0.15, 0.2) is 6.07 Å². The van der Waals surface area contributed by atoms with Gasteiger partial charge in [-0.05, 0) is 12.8 Å². The van der Waals surface area contributed by atoms with Crippen molar-refractivity contribution in [3.05, 3.63) is 11.9 Å². The zero-order valence-corrected chi connectivity index (χ0v) is 12.2. The number of ether oxygens (including phenoxy) is 1. The van der Waals surface area contributed by atoms with Gasteiger partial charge in [0.15, 0.2) is 5.82 Å². The smallest absolute Gasteiger partial charge is 0.237 e. The Labute approximate surface area is 123 Å². The minimum Gasteiger partial charge on any atom is -0.377 e. The number of rotatable bonds is 7. The van der Waals surface area contributed by atoms with Gasteiger partial charge in [-0.3, -0.25) is 4.79 Å². The Bertz CT molecular complexity index is 490. The van der Waals surface area contributed by atoms with Crippen LogP contribution in [-0.2, 0) is 16.1 Å². The lowest BCUT2D eigenvalue weighted by Gasteiger charge is -2.29. The van der Waals surface area contributed by atoms with E-state index in [1.165, 1.54) is 0 Å². The van der Waals surface area contributed by atoms with Crippen LogP contribution >= 0.6 is 0 Å². The Morgan fingerprint density at radius 3 is 2.76 bits per heavy atom. The first-order valence-corrected chi connectivity index (χ1v) is 7.02. The summed E-state index contributed by atoms with van der Waals surface area (Å²) < 4.78 is 5.06. The normalized spacial score (nSPS) is 15.1. The number of nitrogens with zero attached hydrogens (tertiary/aromatic N) is 3. The SMILES string of the molecule is COCc1nc(NN)cc(N(CC(N)=O)C2CCCC2)n1. The number of hydrazine groups is 1. The molecule has 0 atom stereocenters. The van der Waals surface area contributed by atoms with Crippen molar-refractivity contribution in [2.24, 2.45) is 11.6 Å². The van der Waals surface area contributed by atoms with Crippen molar-refractivity contribution < 1.29 is 9.53 Å². The summed E-state index contributed by atoms with van der Waals surface area (Å²) in [6.45, 7) is 0.412. The van der Waals surface area contributed by atoms with Gasteiger partial charge in [-0.15, -0.1) is 0 Å². The Morgan fingerprint density at radius 2 is 2.19 bits per heavy atom. The maximum Gasteiger partial charge on any atom is 0.237 e. The van der Waals surface area contributed by atoms with Crippen LogP contribution in [0.2, 0.25) is 0 Å². The van der Waals surface area contributed by atoms with Crippen molar-refractivity contribution in [3.8, 4) is 0 Å². The summed E-state index contributed by atoms with van der Waals surface area (Å²) in [7, 11) is 1.57. The van der Waals surface area contributed by atoms with Crippen LogP contribution in [0.1, 0.15) is 31.5 Å². The third-order valence-corrected chi connectivity index (χ3v) is 3.57. The number of carbonyl (C=O) groups is 1. The van der Waals surface area contributed by atoms with E-state index in [4.69, 9.17) is 16.3 Å².